The van der Waals surface area contributed by atoms with E-state index in [1.165, 1.54) is 6.20 Å². The number of para-hydroxylation sites is 1. The summed E-state index contributed by atoms with van der Waals surface area (Å²) < 4.78 is 5.63. The maximum atomic E-state index is 12.6. The third-order valence-corrected chi connectivity index (χ3v) is 4.36. The van der Waals surface area contributed by atoms with Crippen LogP contribution in [0.3, 0.4) is 0 Å². The first kappa shape index (κ1) is 20.3. The Morgan fingerprint density at radius 2 is 1.83 bits per heavy atom. The first-order valence-electron chi connectivity index (χ1n) is 9.72. The smallest absolute Gasteiger partial charge is 0.275 e. The molecule has 0 saturated heterocycles. The average Bonchev–Trinajstić information content (AvgIpc) is 2.71. The number of hydrogen-bond donors (Lipinski definition) is 2. The van der Waals surface area contributed by atoms with Gasteiger partial charge in [-0.25, -0.2) is 9.97 Å². The highest BCUT2D eigenvalue weighted by Crippen LogP contribution is 2.22. The summed E-state index contributed by atoms with van der Waals surface area (Å²) in [5, 5.41) is 6.13. The van der Waals surface area contributed by atoms with Crippen LogP contribution in [0.2, 0.25) is 0 Å². The van der Waals surface area contributed by atoms with Crippen molar-refractivity contribution in [3.8, 4) is 5.75 Å². The third kappa shape index (κ3) is 5.31. The van der Waals surface area contributed by atoms with Gasteiger partial charge < -0.3 is 15.4 Å². The van der Waals surface area contributed by atoms with E-state index in [4.69, 9.17) is 4.74 Å². The molecule has 0 saturated carbocycles. The maximum absolute atomic E-state index is 12.6. The van der Waals surface area contributed by atoms with Crippen LogP contribution in [0.25, 0.3) is 0 Å². The van der Waals surface area contributed by atoms with Crippen molar-refractivity contribution in [1.29, 1.82) is 0 Å². The molecule has 0 aliphatic rings. The number of ether oxygens (including phenoxy) is 1. The summed E-state index contributed by atoms with van der Waals surface area (Å²) in [6, 6.07) is 13.6. The van der Waals surface area contributed by atoms with Crippen molar-refractivity contribution >= 4 is 23.1 Å². The van der Waals surface area contributed by atoms with Gasteiger partial charge in [0, 0.05) is 11.4 Å². The molecule has 3 rings (SSSR count). The van der Waals surface area contributed by atoms with Crippen molar-refractivity contribution in [2.75, 3.05) is 10.6 Å². The molecule has 0 bridgehead atoms. The summed E-state index contributed by atoms with van der Waals surface area (Å²) in [4.78, 5) is 21.1. The fourth-order valence-corrected chi connectivity index (χ4v) is 2.93. The van der Waals surface area contributed by atoms with Gasteiger partial charge in [-0.2, -0.15) is 0 Å². The number of nitrogens with one attached hydrogen (secondary N) is 2. The van der Waals surface area contributed by atoms with Gasteiger partial charge in [0.1, 0.15) is 17.3 Å². The number of aryl methyl sites for hydroxylation is 2. The molecule has 3 aromatic rings. The number of carbonyl (C=O) groups is 1. The minimum Gasteiger partial charge on any atom is -0.491 e. The summed E-state index contributed by atoms with van der Waals surface area (Å²) in [5.41, 5.74) is 4.08. The molecule has 6 heteroatoms. The van der Waals surface area contributed by atoms with Crippen molar-refractivity contribution in [2.24, 2.45) is 0 Å². The van der Waals surface area contributed by atoms with Crippen LogP contribution in [0.4, 0.5) is 17.2 Å². The Kier molecular flexibility index (Phi) is 6.44. The second kappa shape index (κ2) is 9.19. The maximum Gasteiger partial charge on any atom is 0.275 e. The molecule has 150 valence electrons. The van der Waals surface area contributed by atoms with Crippen LogP contribution in [0, 0.1) is 6.92 Å². The minimum atomic E-state index is -0.275. The quantitative estimate of drug-likeness (QED) is 0.585. The fourth-order valence-electron chi connectivity index (χ4n) is 2.93. The number of nitrogens with zero attached hydrogens (tertiary/aromatic N) is 2. The Morgan fingerprint density at radius 3 is 2.45 bits per heavy atom. The van der Waals surface area contributed by atoms with Crippen LogP contribution in [0.5, 0.6) is 5.75 Å². The predicted octanol–water partition coefficient (Wildman–Crippen LogP) is 5.13. The number of carbonyl (C=O) groups excluding carboxylic acids is 1. The van der Waals surface area contributed by atoms with Crippen LogP contribution in [-0.2, 0) is 6.42 Å². The molecular formula is C23H26N4O2. The second-order valence-corrected chi connectivity index (χ2v) is 7.02. The van der Waals surface area contributed by atoms with Crippen LogP contribution < -0.4 is 15.4 Å². The largest absolute Gasteiger partial charge is 0.491 e. The Morgan fingerprint density at radius 1 is 1.07 bits per heavy atom. The monoisotopic (exact) mass is 390 g/mol. The molecule has 0 aliphatic heterocycles. The molecule has 2 aromatic carbocycles. The van der Waals surface area contributed by atoms with Crippen LogP contribution in [0.15, 0.2) is 54.9 Å². The highest BCUT2D eigenvalue weighted by Gasteiger charge is 2.12. The molecule has 6 nitrogen and oxygen atoms in total. The molecule has 0 unspecified atom stereocenters. The zero-order chi connectivity index (χ0) is 20.8. The summed E-state index contributed by atoms with van der Waals surface area (Å²) in [7, 11) is 0. The molecule has 1 heterocycles. The number of amides is 1. The molecule has 1 amide bonds. The average molecular weight is 390 g/mol. The normalized spacial score (nSPS) is 10.7. The van der Waals surface area contributed by atoms with Gasteiger partial charge in [-0.3, -0.25) is 4.79 Å². The Hall–Kier alpha value is -3.41. The summed E-state index contributed by atoms with van der Waals surface area (Å²) in [6.45, 7) is 8.01. The lowest BCUT2D eigenvalue weighted by atomic mass is 10.1. The van der Waals surface area contributed by atoms with E-state index in [2.05, 4.69) is 27.5 Å². The highest BCUT2D eigenvalue weighted by molar-refractivity contribution is 6.03. The zero-order valence-electron chi connectivity index (χ0n) is 17.2. The van der Waals surface area contributed by atoms with Gasteiger partial charge in [0.15, 0.2) is 0 Å². The van der Waals surface area contributed by atoms with Crippen molar-refractivity contribution in [3.63, 3.8) is 0 Å². The summed E-state index contributed by atoms with van der Waals surface area (Å²) in [5.74, 6) is 1.10. The lowest BCUT2D eigenvalue weighted by molar-refractivity contribution is 0.102. The predicted molar refractivity (Wildman–Crippen MR) is 116 cm³/mol. The van der Waals surface area contributed by atoms with E-state index < -0.39 is 0 Å². The van der Waals surface area contributed by atoms with Crippen LogP contribution in [0.1, 0.15) is 42.4 Å². The Balaban J connectivity index is 1.66. The Labute approximate surface area is 171 Å². The van der Waals surface area contributed by atoms with E-state index in [1.54, 1.807) is 6.20 Å². The number of hydrogen-bond acceptors (Lipinski definition) is 5. The van der Waals surface area contributed by atoms with Crippen molar-refractivity contribution in [1.82, 2.24) is 9.97 Å². The summed E-state index contributed by atoms with van der Waals surface area (Å²) >= 11 is 0. The fraction of sp³-hybridized carbons (Fsp3) is 0.261. The van der Waals surface area contributed by atoms with E-state index in [1.807, 2.05) is 63.2 Å². The number of aromatic nitrogens is 2. The molecular weight excluding hydrogens is 364 g/mol. The van der Waals surface area contributed by atoms with Gasteiger partial charge in [0.05, 0.1) is 18.5 Å². The van der Waals surface area contributed by atoms with Gasteiger partial charge in [-0.05, 0) is 62.6 Å². The number of benzene rings is 2. The molecule has 0 fully saturated rings. The van der Waals surface area contributed by atoms with Gasteiger partial charge in [-0.15, -0.1) is 0 Å². The second-order valence-electron chi connectivity index (χ2n) is 7.02. The molecule has 2 N–H and O–H groups in total. The van der Waals surface area contributed by atoms with Crippen molar-refractivity contribution in [3.05, 3.63) is 71.7 Å². The van der Waals surface area contributed by atoms with Crippen LogP contribution >= 0.6 is 0 Å². The first-order chi connectivity index (χ1) is 14.0. The molecule has 0 radical (unpaired) electrons. The van der Waals surface area contributed by atoms with E-state index in [0.717, 1.165) is 34.7 Å². The Bertz CT molecular complexity index is 967. The zero-order valence-corrected chi connectivity index (χ0v) is 17.2. The van der Waals surface area contributed by atoms with Crippen molar-refractivity contribution in [2.45, 2.75) is 40.2 Å². The molecule has 29 heavy (non-hydrogen) atoms. The van der Waals surface area contributed by atoms with Crippen molar-refractivity contribution < 1.29 is 9.53 Å². The lowest BCUT2D eigenvalue weighted by Gasteiger charge is -2.13. The minimum absolute atomic E-state index is 0.131. The van der Waals surface area contributed by atoms with Gasteiger partial charge in [-0.1, -0.05) is 25.1 Å². The molecule has 0 spiro atoms. The standard InChI is InChI=1S/C23H26N4O2/c1-5-17-8-6-7-16(4)22(17)27-23(28)20-13-25-21(14-24-20)26-18-9-11-19(12-10-18)29-15(2)3/h6-15H,5H2,1-4H3,(H,25,26)(H,27,28). The highest BCUT2D eigenvalue weighted by atomic mass is 16.5. The first-order valence-corrected chi connectivity index (χ1v) is 9.72. The van der Waals surface area contributed by atoms with E-state index in [9.17, 15) is 4.79 Å². The topological polar surface area (TPSA) is 76.1 Å². The SMILES string of the molecule is CCc1cccc(C)c1NC(=O)c1cnc(Nc2ccc(OC(C)C)cc2)cn1. The lowest BCUT2D eigenvalue weighted by Crippen LogP contribution is -2.16. The molecule has 0 aliphatic carbocycles. The number of anilines is 3. The molecule has 0 atom stereocenters. The van der Waals surface area contributed by atoms with Gasteiger partial charge >= 0.3 is 0 Å². The molecule has 1 aromatic heterocycles. The van der Waals surface area contributed by atoms with E-state index in [-0.39, 0.29) is 17.7 Å². The number of rotatable bonds is 7. The summed E-state index contributed by atoms with van der Waals surface area (Å²) in [6.07, 6.45) is 3.99. The van der Waals surface area contributed by atoms with E-state index in [0.29, 0.717) is 5.82 Å². The third-order valence-electron chi connectivity index (χ3n) is 4.36. The van der Waals surface area contributed by atoms with Gasteiger partial charge in [0.2, 0.25) is 0 Å². The van der Waals surface area contributed by atoms with E-state index >= 15 is 0 Å². The van der Waals surface area contributed by atoms with Crippen LogP contribution in [-0.4, -0.2) is 22.0 Å². The van der Waals surface area contributed by atoms with Gasteiger partial charge in [0.25, 0.3) is 5.91 Å².